The first kappa shape index (κ1) is 33.7. The van der Waals surface area contributed by atoms with Gasteiger partial charge in [-0.1, -0.05) is 153 Å². The van der Waals surface area contributed by atoms with Gasteiger partial charge in [-0.3, -0.25) is 0 Å². The zero-order chi connectivity index (χ0) is 36.2. The minimum absolute atomic E-state index is 0.00613. The molecule has 0 saturated carbocycles. The van der Waals surface area contributed by atoms with Crippen molar-refractivity contribution in [2.75, 3.05) is 0 Å². The summed E-state index contributed by atoms with van der Waals surface area (Å²) < 4.78 is 4.09. The number of tetrazole rings is 1. The Morgan fingerprint density at radius 1 is 0.811 bits per heavy atom. The van der Waals surface area contributed by atoms with E-state index in [1.165, 1.54) is 0 Å². The predicted molar refractivity (Wildman–Crippen MR) is 208 cm³/mol. The van der Waals surface area contributed by atoms with Crippen LogP contribution in [0.1, 0.15) is 81.9 Å². The van der Waals surface area contributed by atoms with Crippen molar-refractivity contribution in [3.05, 3.63) is 197 Å². The third-order valence-corrected chi connectivity index (χ3v) is 10.3. The van der Waals surface area contributed by atoms with Crippen molar-refractivity contribution in [3.63, 3.8) is 0 Å². The molecule has 1 unspecified atom stereocenters. The van der Waals surface area contributed by atoms with Crippen LogP contribution in [-0.2, 0) is 18.5 Å². The van der Waals surface area contributed by atoms with Crippen LogP contribution in [0.25, 0.3) is 16.6 Å². The smallest absolute Gasteiger partial charge is 0.337 e. The molecule has 1 N–H and O–H groups in total. The Balaban J connectivity index is 1.20. The Bertz CT molecular complexity index is 2320. The van der Waals surface area contributed by atoms with Crippen LogP contribution in [0.4, 0.5) is 0 Å². The predicted octanol–water partition coefficient (Wildman–Crippen LogP) is 9.08. The van der Waals surface area contributed by atoms with Gasteiger partial charge >= 0.3 is 5.97 Å². The van der Waals surface area contributed by atoms with E-state index in [0.29, 0.717) is 23.4 Å². The highest BCUT2D eigenvalue weighted by atomic mass is 16.4. The molecule has 8 heteroatoms. The molecule has 0 spiro atoms. The molecule has 8 nitrogen and oxygen atoms in total. The molecule has 0 saturated heterocycles. The van der Waals surface area contributed by atoms with Gasteiger partial charge in [0.25, 0.3) is 0 Å². The van der Waals surface area contributed by atoms with Gasteiger partial charge in [-0.25, -0.2) is 14.5 Å². The summed E-state index contributed by atoms with van der Waals surface area (Å²) in [5.41, 5.74) is 7.22. The summed E-state index contributed by atoms with van der Waals surface area (Å²) in [5.74, 6) is 0.669. The Morgan fingerprint density at radius 2 is 1.45 bits per heavy atom. The highest BCUT2D eigenvalue weighted by Crippen LogP contribution is 2.44. The summed E-state index contributed by atoms with van der Waals surface area (Å²) in [5, 5.41) is 23.9. The fraction of sp³-hybridized carbons (Fsp3) is 0.178. The molecule has 262 valence electrons. The van der Waals surface area contributed by atoms with Crippen LogP contribution in [0.2, 0.25) is 0 Å². The number of para-hydroxylation sites is 1. The molecule has 0 bridgehead atoms. The van der Waals surface area contributed by atoms with E-state index in [2.05, 4.69) is 132 Å². The van der Waals surface area contributed by atoms with Crippen molar-refractivity contribution in [2.45, 2.75) is 50.6 Å². The number of benzene rings is 5. The lowest BCUT2D eigenvalue weighted by Crippen LogP contribution is -2.40. The first-order valence-corrected chi connectivity index (χ1v) is 18.2. The minimum Gasteiger partial charge on any atom is -0.478 e. The van der Waals surface area contributed by atoms with Crippen molar-refractivity contribution < 1.29 is 9.90 Å². The van der Waals surface area contributed by atoms with Gasteiger partial charge in [0.2, 0.25) is 0 Å². The molecule has 8 rings (SSSR count). The molecule has 2 aromatic heterocycles. The van der Waals surface area contributed by atoms with Crippen LogP contribution in [0.3, 0.4) is 0 Å². The van der Waals surface area contributed by atoms with Crippen LogP contribution in [0.5, 0.6) is 0 Å². The number of aromatic carboxylic acids is 1. The van der Waals surface area contributed by atoms with Gasteiger partial charge in [0, 0.05) is 24.5 Å². The monoisotopic (exact) mass is 696 g/mol. The molecule has 1 atom stereocenters. The lowest BCUT2D eigenvalue weighted by atomic mass is 9.76. The van der Waals surface area contributed by atoms with Gasteiger partial charge in [0.1, 0.15) is 11.4 Å². The van der Waals surface area contributed by atoms with Crippen molar-refractivity contribution in [1.82, 2.24) is 29.8 Å². The molecule has 0 radical (unpaired) electrons. The van der Waals surface area contributed by atoms with Crippen LogP contribution < -0.4 is 0 Å². The third kappa shape index (κ3) is 6.16. The number of aryl methyl sites for hydroxylation is 1. The number of aromatic nitrogens is 6. The zero-order valence-corrected chi connectivity index (χ0v) is 29.6. The lowest BCUT2D eigenvalue weighted by Gasteiger charge is -2.37. The second-order valence-electron chi connectivity index (χ2n) is 13.5. The quantitative estimate of drug-likeness (QED) is 0.128. The number of nitrogens with zero attached hydrogens (tertiary/aromatic N) is 6. The summed E-state index contributed by atoms with van der Waals surface area (Å²) >= 11 is 0. The molecule has 1 aliphatic rings. The second-order valence-corrected chi connectivity index (χ2v) is 13.5. The number of hydrogen-bond acceptors (Lipinski definition) is 5. The van der Waals surface area contributed by atoms with Gasteiger partial charge in [-0.15, -0.1) is 5.10 Å². The van der Waals surface area contributed by atoms with Crippen LogP contribution >= 0.6 is 0 Å². The summed E-state index contributed by atoms with van der Waals surface area (Å²) in [4.78, 5) is 17.1. The van der Waals surface area contributed by atoms with Crippen molar-refractivity contribution in [2.24, 2.45) is 0 Å². The molecule has 5 aromatic carbocycles. The number of hydrogen-bond donors (Lipinski definition) is 1. The summed E-state index contributed by atoms with van der Waals surface area (Å²) in [6.07, 6.45) is 10.0. The van der Waals surface area contributed by atoms with Gasteiger partial charge in [0.15, 0.2) is 5.82 Å². The van der Waals surface area contributed by atoms with Crippen molar-refractivity contribution >= 4 is 22.6 Å². The Hall–Kier alpha value is -6.41. The molecular formula is C45H40N6O2. The fourth-order valence-corrected chi connectivity index (χ4v) is 7.81. The highest BCUT2D eigenvalue weighted by molar-refractivity contribution is 6.01. The molecule has 53 heavy (non-hydrogen) atoms. The van der Waals surface area contributed by atoms with Gasteiger partial charge in [-0.2, -0.15) is 0 Å². The Kier molecular flexibility index (Phi) is 9.34. The molecule has 0 fully saturated rings. The summed E-state index contributed by atoms with van der Waals surface area (Å²) in [6, 6.07) is 45.4. The summed E-state index contributed by atoms with van der Waals surface area (Å²) in [7, 11) is 0. The topological polar surface area (TPSA) is 98.7 Å². The average Bonchev–Trinajstić information content (AvgIpc) is 3.84. The van der Waals surface area contributed by atoms with E-state index >= 15 is 0 Å². The van der Waals surface area contributed by atoms with E-state index in [1.54, 1.807) is 12.1 Å². The van der Waals surface area contributed by atoms with E-state index in [4.69, 9.17) is 15.3 Å². The lowest BCUT2D eigenvalue weighted by molar-refractivity contribution is 0.0698. The number of unbranched alkanes of at least 4 members (excludes halogenated alkanes) is 1. The first-order chi connectivity index (χ1) is 26.1. The zero-order valence-electron chi connectivity index (χ0n) is 29.6. The SMILES string of the molecule is CCCCc1nc2cccc(C(=O)O)c2n1Cc1ccc(C2CC=CC=C2c2nnnn2C(c2ccccc2)(c2ccccc2)c2ccccc2)cc1. The average molecular weight is 697 g/mol. The first-order valence-electron chi connectivity index (χ1n) is 18.2. The number of carboxylic acids is 1. The Labute approximate surface area is 308 Å². The summed E-state index contributed by atoms with van der Waals surface area (Å²) in [6.45, 7) is 2.68. The maximum Gasteiger partial charge on any atom is 0.337 e. The molecule has 0 aliphatic heterocycles. The van der Waals surface area contributed by atoms with Crippen molar-refractivity contribution in [1.29, 1.82) is 0 Å². The van der Waals surface area contributed by atoms with Crippen molar-refractivity contribution in [3.8, 4) is 0 Å². The van der Waals surface area contributed by atoms with E-state index in [9.17, 15) is 9.90 Å². The van der Waals surface area contributed by atoms with Crippen LogP contribution in [0, 0.1) is 0 Å². The highest BCUT2D eigenvalue weighted by Gasteiger charge is 2.42. The van der Waals surface area contributed by atoms with E-state index in [0.717, 1.165) is 64.9 Å². The van der Waals surface area contributed by atoms with E-state index in [-0.39, 0.29) is 11.5 Å². The maximum atomic E-state index is 12.3. The van der Waals surface area contributed by atoms with Gasteiger partial charge < -0.3 is 9.67 Å². The number of carbonyl (C=O) groups is 1. The molecule has 0 amide bonds. The van der Waals surface area contributed by atoms with E-state index in [1.807, 2.05) is 28.9 Å². The number of carboxylic acid groups (broad SMARTS) is 1. The van der Waals surface area contributed by atoms with Gasteiger partial charge in [0.05, 0.1) is 16.6 Å². The molecule has 2 heterocycles. The minimum atomic E-state index is -0.947. The normalized spacial score (nSPS) is 14.4. The number of allylic oxidation sites excluding steroid dienone is 4. The molecule has 7 aromatic rings. The van der Waals surface area contributed by atoms with Crippen LogP contribution in [-0.4, -0.2) is 40.8 Å². The number of rotatable bonds is 12. The van der Waals surface area contributed by atoms with Crippen LogP contribution in [0.15, 0.2) is 152 Å². The molecular weight excluding hydrogens is 657 g/mol. The number of fused-ring (bicyclic) bond motifs is 1. The van der Waals surface area contributed by atoms with E-state index < -0.39 is 11.5 Å². The molecule has 1 aliphatic carbocycles. The maximum absolute atomic E-state index is 12.3. The second kappa shape index (κ2) is 14.7. The Morgan fingerprint density at radius 3 is 2.06 bits per heavy atom. The van der Waals surface area contributed by atoms with Gasteiger partial charge in [-0.05, 0) is 63.2 Å². The fourth-order valence-electron chi connectivity index (χ4n) is 7.81. The standard InChI is InChI=1S/C45H40N6O2/c1-2-3-26-41-46-40-25-15-24-39(44(52)53)42(40)50(41)31-32-27-29-33(30-28-32)37-22-13-14-23-38(37)43-47-48-49-51(43)45(34-16-7-4-8-17-34,35-18-9-5-10-19-35)36-20-11-6-12-21-36/h4-21,23-25,27-30,37H,2-3,22,26,31H2,1H3,(H,52,53). The largest absolute Gasteiger partial charge is 0.478 e. The number of imidazole rings is 1. The third-order valence-electron chi connectivity index (χ3n) is 10.3.